The molecule has 0 bridgehead atoms. The summed E-state index contributed by atoms with van der Waals surface area (Å²) >= 11 is 0. The topological polar surface area (TPSA) is 116 Å². The number of nitrogens with zero attached hydrogens (tertiary/aromatic N) is 2. The third-order valence-electron chi connectivity index (χ3n) is 3.47. The van der Waals surface area contributed by atoms with Gasteiger partial charge in [-0.25, -0.2) is 18.2 Å². The fraction of sp³-hybridized carbons (Fsp3) is 0.818. The molecule has 2 saturated heterocycles. The number of aliphatic carboxylic acids is 1. The number of sulfone groups is 1. The van der Waals surface area contributed by atoms with Crippen molar-refractivity contribution in [3.8, 4) is 0 Å². The van der Waals surface area contributed by atoms with Crippen LogP contribution in [-0.4, -0.2) is 85.8 Å². The Morgan fingerprint density at radius 2 is 1.90 bits per heavy atom. The standard InChI is InChI=1S/C11H19N3O6S/c15-10(16)7-9-8-21(18,19)6-3-14(9)11(17)12-13-1-4-20-5-2-13/h9H,1-8H2,(H,12,17)(H,15,16). The summed E-state index contributed by atoms with van der Waals surface area (Å²) in [6.07, 6.45) is -0.379. The van der Waals surface area contributed by atoms with E-state index >= 15 is 0 Å². The maximum atomic E-state index is 12.2. The van der Waals surface area contributed by atoms with Crippen LogP contribution in [0.4, 0.5) is 4.79 Å². The number of nitrogens with one attached hydrogen (secondary N) is 1. The summed E-state index contributed by atoms with van der Waals surface area (Å²) in [6, 6.07) is -1.29. The van der Waals surface area contributed by atoms with Crippen molar-refractivity contribution < 1.29 is 27.9 Å². The Hall–Kier alpha value is -1.39. The van der Waals surface area contributed by atoms with Crippen LogP contribution in [0.1, 0.15) is 6.42 Å². The molecule has 0 aromatic carbocycles. The summed E-state index contributed by atoms with van der Waals surface area (Å²) < 4.78 is 28.4. The van der Waals surface area contributed by atoms with Gasteiger partial charge in [0.05, 0.1) is 37.2 Å². The van der Waals surface area contributed by atoms with Crippen LogP contribution in [0, 0.1) is 0 Å². The van der Waals surface area contributed by atoms with Gasteiger partial charge in [-0.05, 0) is 0 Å². The Morgan fingerprint density at radius 3 is 2.52 bits per heavy atom. The maximum absolute atomic E-state index is 12.2. The third kappa shape index (κ3) is 4.55. The van der Waals surface area contributed by atoms with Gasteiger partial charge in [-0.2, -0.15) is 0 Å². The number of carbonyl (C=O) groups excluding carboxylic acids is 1. The summed E-state index contributed by atoms with van der Waals surface area (Å²) in [6.45, 7) is 2.11. The Balaban J connectivity index is 2.00. The van der Waals surface area contributed by atoms with Gasteiger partial charge < -0.3 is 14.7 Å². The number of morpholine rings is 1. The lowest BCUT2D eigenvalue weighted by molar-refractivity contribution is -0.138. The molecule has 0 radical (unpaired) electrons. The van der Waals surface area contributed by atoms with Crippen LogP contribution in [0.15, 0.2) is 0 Å². The second kappa shape index (κ2) is 6.58. The van der Waals surface area contributed by atoms with Gasteiger partial charge in [0.15, 0.2) is 9.84 Å². The molecule has 0 aliphatic carbocycles. The smallest absolute Gasteiger partial charge is 0.332 e. The first-order chi connectivity index (χ1) is 9.87. The van der Waals surface area contributed by atoms with E-state index in [2.05, 4.69) is 5.43 Å². The molecule has 2 amide bonds. The largest absolute Gasteiger partial charge is 0.481 e. The Labute approximate surface area is 122 Å². The van der Waals surface area contributed by atoms with E-state index in [1.54, 1.807) is 5.01 Å². The number of amides is 2. The third-order valence-corrected chi connectivity index (χ3v) is 5.16. The van der Waals surface area contributed by atoms with E-state index in [0.717, 1.165) is 0 Å². The van der Waals surface area contributed by atoms with Crippen molar-refractivity contribution in [2.75, 3.05) is 44.4 Å². The predicted octanol–water partition coefficient (Wildman–Crippen LogP) is -1.48. The van der Waals surface area contributed by atoms with Crippen LogP contribution in [0.2, 0.25) is 0 Å². The summed E-state index contributed by atoms with van der Waals surface area (Å²) in [5, 5.41) is 10.6. The number of carboxylic acids is 1. The van der Waals surface area contributed by atoms with Crippen LogP contribution in [0.3, 0.4) is 0 Å². The van der Waals surface area contributed by atoms with Crippen molar-refractivity contribution in [2.24, 2.45) is 0 Å². The molecule has 1 unspecified atom stereocenters. The lowest BCUT2D eigenvalue weighted by Crippen LogP contribution is -2.59. The number of carbonyl (C=O) groups is 2. The van der Waals surface area contributed by atoms with Crippen molar-refractivity contribution in [3.63, 3.8) is 0 Å². The van der Waals surface area contributed by atoms with Crippen molar-refractivity contribution >= 4 is 21.8 Å². The monoisotopic (exact) mass is 321 g/mol. The number of ether oxygens (including phenoxy) is 1. The average molecular weight is 321 g/mol. The molecule has 2 rings (SSSR count). The van der Waals surface area contributed by atoms with Crippen molar-refractivity contribution in [1.82, 2.24) is 15.3 Å². The van der Waals surface area contributed by atoms with Gasteiger partial charge in [-0.15, -0.1) is 0 Å². The Morgan fingerprint density at radius 1 is 1.24 bits per heavy atom. The highest BCUT2D eigenvalue weighted by atomic mass is 32.2. The zero-order valence-electron chi connectivity index (χ0n) is 11.5. The second-order valence-corrected chi connectivity index (χ2v) is 7.30. The normalized spacial score (nSPS) is 26.3. The highest BCUT2D eigenvalue weighted by Gasteiger charge is 2.36. The van der Waals surface area contributed by atoms with E-state index in [-0.39, 0.29) is 24.5 Å². The van der Waals surface area contributed by atoms with Gasteiger partial charge in [0.1, 0.15) is 0 Å². The lowest BCUT2D eigenvalue weighted by atomic mass is 10.2. The van der Waals surface area contributed by atoms with E-state index < -0.39 is 27.9 Å². The SMILES string of the molecule is O=C(O)CC1CS(=O)(=O)CCN1C(=O)NN1CCOCC1. The molecular weight excluding hydrogens is 302 g/mol. The fourth-order valence-corrected chi connectivity index (χ4v) is 3.92. The fourth-order valence-electron chi connectivity index (χ4n) is 2.40. The molecule has 120 valence electrons. The zero-order valence-corrected chi connectivity index (χ0v) is 12.3. The minimum Gasteiger partial charge on any atom is -0.481 e. The minimum absolute atomic E-state index is 0.0104. The molecule has 10 heteroatoms. The molecule has 2 fully saturated rings. The molecule has 2 aliphatic rings. The summed E-state index contributed by atoms with van der Waals surface area (Å²) in [7, 11) is -3.30. The van der Waals surface area contributed by atoms with Crippen molar-refractivity contribution in [3.05, 3.63) is 0 Å². The first-order valence-electron chi connectivity index (χ1n) is 6.69. The van der Waals surface area contributed by atoms with Crippen molar-refractivity contribution in [1.29, 1.82) is 0 Å². The molecule has 0 saturated carbocycles. The van der Waals surface area contributed by atoms with Crippen molar-refractivity contribution in [2.45, 2.75) is 12.5 Å². The quantitative estimate of drug-likeness (QED) is 0.651. The molecule has 2 heterocycles. The molecule has 0 aromatic heterocycles. The minimum atomic E-state index is -3.30. The van der Waals surface area contributed by atoms with E-state index in [1.807, 2.05) is 0 Å². The molecule has 2 aliphatic heterocycles. The average Bonchev–Trinajstić information content (AvgIpc) is 2.38. The molecule has 1 atom stereocenters. The molecule has 9 nitrogen and oxygen atoms in total. The number of hydrogen-bond acceptors (Lipinski definition) is 6. The Bertz CT molecular complexity index is 502. The van der Waals surface area contributed by atoms with Gasteiger partial charge >= 0.3 is 12.0 Å². The van der Waals surface area contributed by atoms with E-state index in [1.165, 1.54) is 4.90 Å². The number of hydrazine groups is 1. The van der Waals surface area contributed by atoms with E-state index in [9.17, 15) is 18.0 Å². The van der Waals surface area contributed by atoms with Gasteiger partial charge in [0.2, 0.25) is 0 Å². The molecule has 21 heavy (non-hydrogen) atoms. The van der Waals surface area contributed by atoms with E-state index in [0.29, 0.717) is 26.3 Å². The maximum Gasteiger partial charge on any atom is 0.332 e. The lowest BCUT2D eigenvalue weighted by Gasteiger charge is -2.37. The highest BCUT2D eigenvalue weighted by Crippen LogP contribution is 2.15. The molecule has 0 aromatic rings. The zero-order chi connectivity index (χ0) is 15.5. The Kier molecular flexibility index (Phi) is 5.01. The first kappa shape index (κ1) is 16.0. The second-order valence-electron chi connectivity index (χ2n) is 5.08. The molecule has 0 spiro atoms. The van der Waals surface area contributed by atoms with Crippen LogP contribution in [-0.2, 0) is 19.4 Å². The van der Waals surface area contributed by atoms with Crippen LogP contribution in [0.25, 0.3) is 0 Å². The number of rotatable bonds is 3. The highest BCUT2D eigenvalue weighted by molar-refractivity contribution is 7.91. The number of carboxylic acid groups (broad SMARTS) is 1. The summed E-state index contributed by atoms with van der Waals surface area (Å²) in [4.78, 5) is 24.4. The van der Waals surface area contributed by atoms with Crippen LogP contribution < -0.4 is 5.43 Å². The number of urea groups is 1. The van der Waals surface area contributed by atoms with Gasteiger partial charge in [-0.1, -0.05) is 0 Å². The molecular formula is C11H19N3O6S. The van der Waals surface area contributed by atoms with Gasteiger partial charge in [-0.3, -0.25) is 10.2 Å². The van der Waals surface area contributed by atoms with Gasteiger partial charge in [0.25, 0.3) is 0 Å². The molecule has 2 N–H and O–H groups in total. The summed E-state index contributed by atoms with van der Waals surface area (Å²) in [5.74, 6) is -1.57. The van der Waals surface area contributed by atoms with Crippen LogP contribution in [0.5, 0.6) is 0 Å². The van der Waals surface area contributed by atoms with Gasteiger partial charge in [0, 0.05) is 19.6 Å². The predicted molar refractivity (Wildman–Crippen MR) is 72.3 cm³/mol. The number of hydrogen-bond donors (Lipinski definition) is 2. The van der Waals surface area contributed by atoms with E-state index in [4.69, 9.17) is 9.84 Å². The summed E-state index contributed by atoms with van der Waals surface area (Å²) in [5.41, 5.74) is 2.67. The first-order valence-corrected chi connectivity index (χ1v) is 8.52. The van der Waals surface area contributed by atoms with Crippen LogP contribution >= 0.6 is 0 Å².